The Labute approximate surface area is 158 Å². The van der Waals surface area contributed by atoms with Crippen molar-refractivity contribution in [3.05, 3.63) is 52.3 Å². The molecule has 7 nitrogen and oxygen atoms in total. The highest BCUT2D eigenvalue weighted by Crippen LogP contribution is 2.33. The quantitative estimate of drug-likeness (QED) is 0.602. The molecule has 1 saturated heterocycles. The average Bonchev–Trinajstić information content (AvgIpc) is 2.95. The van der Waals surface area contributed by atoms with E-state index in [2.05, 4.69) is 36.3 Å². The number of aryl methyl sites for hydroxylation is 2. The molecule has 0 radical (unpaired) electrons. The van der Waals surface area contributed by atoms with Crippen LogP contribution in [0.2, 0.25) is 0 Å². The molecule has 1 aliphatic rings. The lowest BCUT2D eigenvalue weighted by Gasteiger charge is -2.44. The third-order valence-electron chi connectivity index (χ3n) is 5.52. The lowest BCUT2D eigenvalue weighted by atomic mass is 9.92. The van der Waals surface area contributed by atoms with Crippen molar-refractivity contribution in [1.29, 1.82) is 0 Å². The molecular formula is C20H28N2O5. The van der Waals surface area contributed by atoms with Crippen molar-refractivity contribution < 1.29 is 25.2 Å². The van der Waals surface area contributed by atoms with Gasteiger partial charge in [-0.3, -0.25) is 0 Å². The molecule has 0 saturated carbocycles. The van der Waals surface area contributed by atoms with E-state index in [-0.39, 0.29) is 6.61 Å². The van der Waals surface area contributed by atoms with E-state index >= 15 is 0 Å². The second-order valence-electron chi connectivity index (χ2n) is 7.21. The number of aliphatic hydroxyl groups excluding tert-OH is 3. The lowest BCUT2D eigenvalue weighted by Crippen LogP contribution is -2.65. The maximum atomic E-state index is 11.1. The first kappa shape index (κ1) is 20.0. The van der Waals surface area contributed by atoms with E-state index in [4.69, 9.17) is 4.74 Å². The molecule has 2 heterocycles. The number of nitrogens with zero attached hydrogens (tertiary/aromatic N) is 2. The monoisotopic (exact) mass is 376 g/mol. The molecule has 7 heteroatoms. The van der Waals surface area contributed by atoms with Gasteiger partial charge in [0.1, 0.15) is 18.3 Å². The van der Waals surface area contributed by atoms with Crippen molar-refractivity contribution in [3.63, 3.8) is 0 Å². The predicted octanol–water partition coefficient (Wildman–Crippen LogP) is 0.411. The van der Waals surface area contributed by atoms with Gasteiger partial charge in [0.15, 0.2) is 0 Å². The van der Waals surface area contributed by atoms with Gasteiger partial charge in [0, 0.05) is 17.7 Å². The maximum Gasteiger partial charge on any atom is 0.215 e. The Balaban J connectivity index is 1.96. The molecule has 1 fully saturated rings. The van der Waals surface area contributed by atoms with E-state index in [9.17, 15) is 20.4 Å². The minimum absolute atomic E-state index is 0.203. The number of aromatic nitrogens is 2. The van der Waals surface area contributed by atoms with Crippen molar-refractivity contribution in [2.75, 3.05) is 13.2 Å². The fourth-order valence-corrected chi connectivity index (χ4v) is 3.69. The van der Waals surface area contributed by atoms with Gasteiger partial charge in [-0.25, -0.2) is 4.68 Å². The third kappa shape index (κ3) is 3.41. The van der Waals surface area contributed by atoms with Crippen molar-refractivity contribution >= 4 is 0 Å². The number of aliphatic hydroxyl groups is 4. The minimum atomic E-state index is -2.06. The summed E-state index contributed by atoms with van der Waals surface area (Å²) in [5.41, 5.74) is 2.62. The van der Waals surface area contributed by atoms with Crippen LogP contribution in [-0.4, -0.2) is 61.7 Å². The maximum absolute atomic E-state index is 11.1. The molecule has 0 aliphatic carbocycles. The topological polar surface area (TPSA) is 108 Å². The first-order valence-corrected chi connectivity index (χ1v) is 9.27. The molecule has 0 bridgehead atoms. The average molecular weight is 376 g/mol. The Hall–Kier alpha value is -1.77. The summed E-state index contributed by atoms with van der Waals surface area (Å²) >= 11 is 0. The molecule has 27 heavy (non-hydrogen) atoms. The van der Waals surface area contributed by atoms with Crippen LogP contribution in [-0.2, 0) is 23.3 Å². The Kier molecular flexibility index (Phi) is 5.69. The highest BCUT2D eigenvalue weighted by Gasteiger charge is 2.53. The van der Waals surface area contributed by atoms with Crippen molar-refractivity contribution in [2.45, 2.75) is 57.6 Å². The van der Waals surface area contributed by atoms with Crippen LogP contribution in [0.3, 0.4) is 0 Å². The van der Waals surface area contributed by atoms with E-state index in [1.54, 1.807) is 6.92 Å². The number of rotatable bonds is 5. The smallest absolute Gasteiger partial charge is 0.215 e. The van der Waals surface area contributed by atoms with Gasteiger partial charge in [-0.05, 0) is 31.4 Å². The molecule has 148 valence electrons. The summed E-state index contributed by atoms with van der Waals surface area (Å²) in [6.07, 6.45) is -2.27. The Morgan fingerprint density at radius 1 is 1.19 bits per heavy atom. The van der Waals surface area contributed by atoms with Gasteiger partial charge in [0.05, 0.1) is 18.9 Å². The molecule has 2 aromatic rings. The van der Waals surface area contributed by atoms with Crippen LogP contribution in [0.5, 0.6) is 0 Å². The van der Waals surface area contributed by atoms with Gasteiger partial charge in [-0.2, -0.15) is 5.10 Å². The molecule has 1 aliphatic heterocycles. The SMILES string of the molecule is CCc1ccc(Cc2c(C)nn([C@]3(O)[C@H](O)CO[C@@H](CO)[C@@H]3O)c2C)cc1. The van der Waals surface area contributed by atoms with Crippen LogP contribution >= 0.6 is 0 Å². The first-order valence-electron chi connectivity index (χ1n) is 9.27. The highest BCUT2D eigenvalue weighted by atomic mass is 16.5. The molecule has 3 rings (SSSR count). The van der Waals surface area contributed by atoms with Gasteiger partial charge in [-0.15, -0.1) is 0 Å². The van der Waals surface area contributed by atoms with E-state index in [0.29, 0.717) is 17.8 Å². The molecule has 1 aromatic heterocycles. The summed E-state index contributed by atoms with van der Waals surface area (Å²) in [6.45, 7) is 5.08. The molecule has 4 N–H and O–H groups in total. The summed E-state index contributed by atoms with van der Waals surface area (Å²) in [5.74, 6) is 0. The van der Waals surface area contributed by atoms with Crippen LogP contribution in [0.25, 0.3) is 0 Å². The van der Waals surface area contributed by atoms with Gasteiger partial charge in [0.2, 0.25) is 5.72 Å². The van der Waals surface area contributed by atoms with Gasteiger partial charge >= 0.3 is 0 Å². The second kappa shape index (κ2) is 7.69. The number of ether oxygens (including phenoxy) is 1. The Morgan fingerprint density at radius 3 is 2.41 bits per heavy atom. The standard InChI is InChI=1S/C20H28N2O5/c1-4-14-5-7-15(8-6-14)9-16-12(2)21-22(13(16)3)20(26)18(24)11-27-17(10-23)19(20)25/h5-8,17-19,23-26H,4,9-11H2,1-3H3/t17-,18+,19-,20-/m0/s1. The summed E-state index contributed by atoms with van der Waals surface area (Å²) in [6, 6.07) is 8.33. The van der Waals surface area contributed by atoms with Gasteiger partial charge in [0.25, 0.3) is 0 Å². The predicted molar refractivity (Wildman–Crippen MR) is 99.4 cm³/mol. The zero-order valence-electron chi connectivity index (χ0n) is 16.0. The van der Waals surface area contributed by atoms with E-state index < -0.39 is 30.6 Å². The van der Waals surface area contributed by atoms with Crippen LogP contribution in [0.15, 0.2) is 24.3 Å². The molecule has 4 atom stereocenters. The Bertz CT molecular complexity index is 788. The van der Waals surface area contributed by atoms with Crippen LogP contribution in [0.4, 0.5) is 0 Å². The number of benzene rings is 1. The largest absolute Gasteiger partial charge is 0.394 e. The second-order valence-corrected chi connectivity index (χ2v) is 7.21. The lowest BCUT2D eigenvalue weighted by molar-refractivity contribution is -0.288. The minimum Gasteiger partial charge on any atom is -0.394 e. The van der Waals surface area contributed by atoms with Gasteiger partial charge in [-0.1, -0.05) is 31.2 Å². The van der Waals surface area contributed by atoms with E-state index in [1.165, 1.54) is 10.2 Å². The summed E-state index contributed by atoms with van der Waals surface area (Å²) in [4.78, 5) is 0. The normalized spacial score (nSPS) is 28.5. The zero-order chi connectivity index (χ0) is 19.8. The summed E-state index contributed by atoms with van der Waals surface area (Å²) in [5, 5.41) is 45.8. The molecule has 0 unspecified atom stereocenters. The van der Waals surface area contributed by atoms with Crippen molar-refractivity contribution in [1.82, 2.24) is 9.78 Å². The molecule has 0 amide bonds. The molecule has 0 spiro atoms. The first-order chi connectivity index (χ1) is 12.8. The van der Waals surface area contributed by atoms with Crippen LogP contribution in [0.1, 0.15) is 35.0 Å². The van der Waals surface area contributed by atoms with Crippen LogP contribution in [0, 0.1) is 13.8 Å². The fraction of sp³-hybridized carbons (Fsp3) is 0.550. The highest BCUT2D eigenvalue weighted by molar-refractivity contribution is 5.34. The molecular weight excluding hydrogens is 348 g/mol. The number of hydrogen-bond donors (Lipinski definition) is 4. The van der Waals surface area contributed by atoms with E-state index in [0.717, 1.165) is 17.5 Å². The van der Waals surface area contributed by atoms with E-state index in [1.807, 2.05) is 6.92 Å². The third-order valence-corrected chi connectivity index (χ3v) is 5.52. The fourth-order valence-electron chi connectivity index (χ4n) is 3.69. The zero-order valence-corrected chi connectivity index (χ0v) is 16.0. The van der Waals surface area contributed by atoms with Crippen molar-refractivity contribution in [3.8, 4) is 0 Å². The molecule has 1 aromatic carbocycles. The summed E-state index contributed by atoms with van der Waals surface area (Å²) in [7, 11) is 0. The van der Waals surface area contributed by atoms with Gasteiger partial charge < -0.3 is 25.2 Å². The summed E-state index contributed by atoms with van der Waals surface area (Å²) < 4.78 is 6.49. The Morgan fingerprint density at radius 2 is 1.81 bits per heavy atom. The van der Waals surface area contributed by atoms with Crippen molar-refractivity contribution in [2.24, 2.45) is 0 Å². The number of hydrogen-bond acceptors (Lipinski definition) is 6. The van der Waals surface area contributed by atoms with Crippen LogP contribution < -0.4 is 0 Å².